The van der Waals surface area contributed by atoms with Crippen LogP contribution in [0, 0.1) is 5.82 Å². The van der Waals surface area contributed by atoms with Gasteiger partial charge in [0.05, 0.1) is 6.10 Å². The summed E-state index contributed by atoms with van der Waals surface area (Å²) in [4.78, 5) is 2.25. The van der Waals surface area contributed by atoms with E-state index in [1.54, 1.807) is 6.07 Å². The van der Waals surface area contributed by atoms with Crippen LogP contribution in [-0.2, 0) is 0 Å². The minimum absolute atomic E-state index is 0.104. The number of benzene rings is 1. The Balaban J connectivity index is 2.23. The van der Waals surface area contributed by atoms with Crippen molar-refractivity contribution in [2.75, 3.05) is 18.0 Å². The number of aliphatic hydroxyl groups is 1. The lowest BCUT2D eigenvalue weighted by molar-refractivity contribution is 0.145. The number of hydrogen-bond donors (Lipinski definition) is 2. The smallest absolute Gasteiger partial charge is 0.123 e. The first-order valence-electron chi connectivity index (χ1n) is 7.46. The molecule has 0 spiro atoms. The molecule has 3 nitrogen and oxygen atoms in total. The van der Waals surface area contributed by atoms with Crippen molar-refractivity contribution in [2.24, 2.45) is 0 Å². The second kappa shape index (κ2) is 6.55. The summed E-state index contributed by atoms with van der Waals surface area (Å²) in [7, 11) is 0. The molecular weight excluding hydrogens is 255 g/mol. The fourth-order valence-electron chi connectivity index (χ4n) is 2.86. The molecule has 20 heavy (non-hydrogen) atoms. The predicted molar refractivity (Wildman–Crippen MR) is 80.5 cm³/mol. The summed E-state index contributed by atoms with van der Waals surface area (Å²) < 4.78 is 13.6. The van der Waals surface area contributed by atoms with Crippen LogP contribution < -0.4 is 10.2 Å². The summed E-state index contributed by atoms with van der Waals surface area (Å²) in [6.07, 6.45) is 1.37. The highest BCUT2D eigenvalue weighted by atomic mass is 19.1. The minimum Gasteiger partial charge on any atom is -0.393 e. The average molecular weight is 280 g/mol. The topological polar surface area (TPSA) is 35.5 Å². The maximum Gasteiger partial charge on any atom is 0.123 e. The van der Waals surface area contributed by atoms with E-state index in [4.69, 9.17) is 0 Å². The minimum atomic E-state index is -0.196. The maximum atomic E-state index is 13.6. The summed E-state index contributed by atoms with van der Waals surface area (Å²) in [6.45, 7) is 7.90. The molecule has 0 bridgehead atoms. The number of anilines is 1. The summed E-state index contributed by atoms with van der Waals surface area (Å²) in [5.41, 5.74) is 2.08. The van der Waals surface area contributed by atoms with Gasteiger partial charge in [0.2, 0.25) is 0 Å². The van der Waals surface area contributed by atoms with Gasteiger partial charge in [-0.1, -0.05) is 13.8 Å². The Hall–Kier alpha value is -1.13. The van der Waals surface area contributed by atoms with Crippen molar-refractivity contribution >= 4 is 5.69 Å². The normalized spacial score (nSPS) is 18.6. The molecule has 1 aliphatic rings. The molecule has 0 saturated carbocycles. The van der Waals surface area contributed by atoms with Crippen molar-refractivity contribution < 1.29 is 9.50 Å². The summed E-state index contributed by atoms with van der Waals surface area (Å²) in [5, 5.41) is 13.0. The van der Waals surface area contributed by atoms with Crippen molar-refractivity contribution in [3.05, 3.63) is 29.6 Å². The van der Waals surface area contributed by atoms with E-state index in [2.05, 4.69) is 31.0 Å². The zero-order valence-electron chi connectivity index (χ0n) is 12.6. The van der Waals surface area contributed by atoms with Crippen LogP contribution in [0.5, 0.6) is 0 Å². The van der Waals surface area contributed by atoms with Gasteiger partial charge in [-0.2, -0.15) is 0 Å². The number of nitrogens with one attached hydrogen (secondary N) is 1. The molecule has 1 aromatic rings. The Bertz CT molecular complexity index is 442. The fraction of sp³-hybridized carbons (Fsp3) is 0.625. The van der Waals surface area contributed by atoms with Crippen LogP contribution in [0.25, 0.3) is 0 Å². The van der Waals surface area contributed by atoms with Gasteiger partial charge in [0, 0.05) is 30.9 Å². The zero-order valence-corrected chi connectivity index (χ0v) is 12.6. The SMILES string of the molecule is CC(C)NC(C)c1cc(F)ccc1N1CCC(O)CC1. The van der Waals surface area contributed by atoms with Crippen molar-refractivity contribution in [1.29, 1.82) is 0 Å². The first-order valence-corrected chi connectivity index (χ1v) is 7.46. The molecule has 112 valence electrons. The Morgan fingerprint density at radius 1 is 1.25 bits per heavy atom. The van der Waals surface area contributed by atoms with Crippen LogP contribution in [0.3, 0.4) is 0 Å². The quantitative estimate of drug-likeness (QED) is 0.890. The molecule has 0 aliphatic carbocycles. The Morgan fingerprint density at radius 2 is 1.90 bits per heavy atom. The monoisotopic (exact) mass is 280 g/mol. The van der Waals surface area contributed by atoms with Gasteiger partial charge in [-0.15, -0.1) is 0 Å². The number of rotatable bonds is 4. The third-order valence-electron chi connectivity index (χ3n) is 3.84. The standard InChI is InChI=1S/C16H25FN2O/c1-11(2)18-12(3)15-10-13(17)4-5-16(15)19-8-6-14(20)7-9-19/h4-5,10-12,14,18,20H,6-9H2,1-3H3. The van der Waals surface area contributed by atoms with Crippen LogP contribution >= 0.6 is 0 Å². The molecule has 0 amide bonds. The van der Waals surface area contributed by atoms with E-state index < -0.39 is 0 Å². The predicted octanol–water partition coefficient (Wildman–Crippen LogP) is 2.85. The highest BCUT2D eigenvalue weighted by Crippen LogP contribution is 2.29. The third kappa shape index (κ3) is 3.70. The van der Waals surface area contributed by atoms with Crippen molar-refractivity contribution in [1.82, 2.24) is 5.32 Å². The Morgan fingerprint density at radius 3 is 2.50 bits per heavy atom. The zero-order chi connectivity index (χ0) is 14.7. The van der Waals surface area contributed by atoms with Crippen molar-refractivity contribution in [2.45, 2.75) is 51.8 Å². The van der Waals surface area contributed by atoms with Crippen molar-refractivity contribution in [3.8, 4) is 0 Å². The lowest BCUT2D eigenvalue weighted by atomic mass is 10.0. The molecule has 2 rings (SSSR count). The molecule has 1 aliphatic heterocycles. The van der Waals surface area contributed by atoms with Gasteiger partial charge in [0.15, 0.2) is 0 Å². The number of aliphatic hydroxyl groups excluding tert-OH is 1. The van der Waals surface area contributed by atoms with Gasteiger partial charge in [0.25, 0.3) is 0 Å². The van der Waals surface area contributed by atoms with E-state index in [0.717, 1.165) is 37.2 Å². The fourth-order valence-corrected chi connectivity index (χ4v) is 2.86. The second-order valence-electron chi connectivity index (χ2n) is 5.96. The van der Waals surface area contributed by atoms with Crippen LogP contribution in [-0.4, -0.2) is 30.3 Å². The third-order valence-corrected chi connectivity index (χ3v) is 3.84. The second-order valence-corrected chi connectivity index (χ2v) is 5.96. The molecule has 4 heteroatoms. The van der Waals surface area contributed by atoms with E-state index >= 15 is 0 Å². The maximum absolute atomic E-state index is 13.6. The lowest BCUT2D eigenvalue weighted by Gasteiger charge is -2.34. The number of halogens is 1. The van der Waals surface area contributed by atoms with E-state index in [9.17, 15) is 9.50 Å². The van der Waals surface area contributed by atoms with E-state index in [0.29, 0.717) is 6.04 Å². The molecule has 1 aromatic carbocycles. The average Bonchev–Trinajstić information content (AvgIpc) is 2.39. The van der Waals surface area contributed by atoms with Crippen LogP contribution in [0.15, 0.2) is 18.2 Å². The molecule has 0 radical (unpaired) electrons. The molecule has 0 aromatic heterocycles. The number of hydrogen-bond acceptors (Lipinski definition) is 3. The van der Waals surface area contributed by atoms with Crippen LogP contribution in [0.2, 0.25) is 0 Å². The van der Waals surface area contributed by atoms with Gasteiger partial charge in [0.1, 0.15) is 5.82 Å². The highest BCUT2D eigenvalue weighted by Gasteiger charge is 2.21. The largest absolute Gasteiger partial charge is 0.393 e. The van der Waals surface area contributed by atoms with Gasteiger partial charge in [-0.25, -0.2) is 4.39 Å². The molecule has 1 heterocycles. The van der Waals surface area contributed by atoms with Gasteiger partial charge < -0.3 is 15.3 Å². The Kier molecular flexibility index (Phi) is 5.00. The van der Waals surface area contributed by atoms with Gasteiger partial charge in [-0.05, 0) is 43.5 Å². The van der Waals surface area contributed by atoms with Gasteiger partial charge >= 0.3 is 0 Å². The van der Waals surface area contributed by atoms with E-state index in [1.165, 1.54) is 6.07 Å². The number of piperidine rings is 1. The summed E-state index contributed by atoms with van der Waals surface area (Å²) >= 11 is 0. The summed E-state index contributed by atoms with van der Waals surface area (Å²) in [5.74, 6) is -0.196. The highest BCUT2D eigenvalue weighted by molar-refractivity contribution is 5.55. The molecule has 1 fully saturated rings. The van der Waals surface area contributed by atoms with Crippen LogP contribution in [0.4, 0.5) is 10.1 Å². The molecule has 2 N–H and O–H groups in total. The first kappa shape index (κ1) is 15.3. The van der Waals surface area contributed by atoms with Gasteiger partial charge in [-0.3, -0.25) is 0 Å². The van der Waals surface area contributed by atoms with Crippen molar-refractivity contribution in [3.63, 3.8) is 0 Å². The summed E-state index contributed by atoms with van der Waals surface area (Å²) in [6, 6.07) is 5.46. The molecule has 1 saturated heterocycles. The first-order chi connectivity index (χ1) is 9.47. The molecular formula is C16H25FN2O. The number of nitrogens with zero attached hydrogens (tertiary/aromatic N) is 1. The van der Waals surface area contributed by atoms with E-state index in [-0.39, 0.29) is 18.0 Å². The Labute approximate surface area is 120 Å². The van der Waals surface area contributed by atoms with Crippen LogP contribution in [0.1, 0.15) is 45.2 Å². The molecule has 1 atom stereocenters. The lowest BCUT2D eigenvalue weighted by Crippen LogP contribution is -2.37. The van der Waals surface area contributed by atoms with E-state index in [1.807, 2.05) is 6.07 Å². The molecule has 1 unspecified atom stereocenters.